The number of fused-ring (bicyclic) bond motifs is 8. The second kappa shape index (κ2) is 6.81. The molecule has 2 unspecified atom stereocenters. The van der Waals surface area contributed by atoms with Crippen LogP contribution < -0.4 is 0 Å². The summed E-state index contributed by atoms with van der Waals surface area (Å²) in [6.07, 6.45) is -3.12. The fourth-order valence-electron chi connectivity index (χ4n) is 11.4. The van der Waals surface area contributed by atoms with Crippen LogP contribution in [0.2, 0.25) is 0 Å². The van der Waals surface area contributed by atoms with Crippen LogP contribution in [0.25, 0.3) is 0 Å². The van der Waals surface area contributed by atoms with Crippen LogP contribution >= 0.6 is 0 Å². The molecular weight excluding hydrogens is 568 g/mol. The molecule has 13 heteroatoms. The molecule has 6 heterocycles. The van der Waals surface area contributed by atoms with Gasteiger partial charge in [-0.05, 0) is 34.6 Å². The van der Waals surface area contributed by atoms with Gasteiger partial charge in [-0.1, -0.05) is 12.2 Å². The Labute approximate surface area is 245 Å². The molecule has 43 heavy (non-hydrogen) atoms. The van der Waals surface area contributed by atoms with Gasteiger partial charge in [0.15, 0.2) is 12.2 Å². The molecule has 3 N–H and O–H groups in total. The highest BCUT2D eigenvalue weighted by Crippen LogP contribution is 2.78. The summed E-state index contributed by atoms with van der Waals surface area (Å²) in [5.74, 6) is -4.37. The molecule has 0 amide bonds. The number of ether oxygens (including phenoxy) is 6. The number of esters is 4. The van der Waals surface area contributed by atoms with E-state index in [1.54, 1.807) is 27.7 Å². The first-order valence-electron chi connectivity index (χ1n) is 14.9. The van der Waals surface area contributed by atoms with E-state index >= 15 is 0 Å². The average Bonchev–Trinajstić information content (AvgIpc) is 3.58. The normalized spacial score (nSPS) is 61.3. The maximum atomic E-state index is 12.4. The average molecular weight is 603 g/mol. The van der Waals surface area contributed by atoms with E-state index in [0.717, 1.165) is 5.57 Å². The molecule has 6 aliphatic heterocycles. The lowest BCUT2D eigenvalue weighted by atomic mass is 9.52. The molecule has 0 aromatic rings. The monoisotopic (exact) mass is 602 g/mol. The van der Waals surface area contributed by atoms with Gasteiger partial charge >= 0.3 is 23.9 Å². The third-order valence-electron chi connectivity index (χ3n) is 13.4. The van der Waals surface area contributed by atoms with Crippen molar-refractivity contribution in [1.29, 1.82) is 0 Å². The van der Waals surface area contributed by atoms with Gasteiger partial charge in [0.2, 0.25) is 11.2 Å². The molecule has 0 aromatic carbocycles. The number of rotatable bonds is 2. The topological polar surface area (TPSA) is 191 Å². The van der Waals surface area contributed by atoms with Crippen molar-refractivity contribution >= 4 is 23.9 Å². The Kier molecular flexibility index (Phi) is 4.24. The van der Waals surface area contributed by atoms with E-state index in [0.29, 0.717) is 0 Å². The van der Waals surface area contributed by atoms with Crippen LogP contribution in [0.4, 0.5) is 0 Å². The van der Waals surface area contributed by atoms with Crippen molar-refractivity contribution in [3.8, 4) is 0 Å². The summed E-state index contributed by atoms with van der Waals surface area (Å²) in [5.41, 5.74) is -7.49. The standard InChI is InChI=1S/C15H18O7.C15H16O6/c1-12(2,18)6-7-10(16)20-8(6)9-13(3)14(7,19)4-5-15(13,22-5)11(17)21-9;1-5(2)7-8-11(16)19-9(7)10-13(3)14(8,18)4-6-15(13,21-6)12(17)20-10/h5-9,18-19H,4H2,1-3H3;6-10,18H,1,4H2,2-3H3/t5?,6-,7+,8+,9+,13+,14+,15-;6?,7-,8+,9+,10+,13+,14+,15-/m00/s1. The number of epoxide rings is 2. The molecule has 4 bridgehead atoms. The first kappa shape index (κ1) is 26.8. The van der Waals surface area contributed by atoms with Crippen molar-refractivity contribution in [1.82, 2.24) is 0 Å². The Morgan fingerprint density at radius 1 is 0.791 bits per heavy atom. The van der Waals surface area contributed by atoms with Crippen molar-refractivity contribution in [2.24, 2.45) is 34.5 Å². The number of hydrogen-bond donors (Lipinski definition) is 3. The van der Waals surface area contributed by atoms with E-state index < -0.39 is 111 Å². The molecule has 0 radical (unpaired) electrons. The van der Waals surface area contributed by atoms with Crippen LogP contribution in [0.15, 0.2) is 12.2 Å². The van der Waals surface area contributed by atoms with Gasteiger partial charge in [-0.2, -0.15) is 0 Å². The number of hydrogen-bond acceptors (Lipinski definition) is 13. The van der Waals surface area contributed by atoms with E-state index in [1.165, 1.54) is 0 Å². The smallest absolute Gasteiger partial charge is 0.342 e. The summed E-state index contributed by atoms with van der Waals surface area (Å²) in [7, 11) is 0. The molecule has 232 valence electrons. The first-order chi connectivity index (χ1) is 19.9. The predicted molar refractivity (Wildman–Crippen MR) is 135 cm³/mol. The maximum absolute atomic E-state index is 12.4. The summed E-state index contributed by atoms with van der Waals surface area (Å²) in [6.45, 7) is 12.5. The molecule has 4 saturated carbocycles. The first-order valence-corrected chi connectivity index (χ1v) is 14.9. The van der Waals surface area contributed by atoms with E-state index in [4.69, 9.17) is 28.4 Å². The van der Waals surface area contributed by atoms with E-state index in [2.05, 4.69) is 6.58 Å². The largest absolute Gasteiger partial charge is 0.458 e. The molecule has 10 aliphatic rings. The number of aliphatic hydroxyl groups is 3. The van der Waals surface area contributed by atoms with Gasteiger partial charge in [-0.3, -0.25) is 9.59 Å². The van der Waals surface area contributed by atoms with E-state index in [1.807, 2.05) is 6.92 Å². The van der Waals surface area contributed by atoms with Crippen molar-refractivity contribution in [3.63, 3.8) is 0 Å². The van der Waals surface area contributed by atoms with Crippen LogP contribution in [0, 0.1) is 34.5 Å². The van der Waals surface area contributed by atoms with Gasteiger partial charge in [0.05, 0.1) is 39.5 Å². The molecule has 13 nitrogen and oxygen atoms in total. The molecule has 6 saturated heterocycles. The van der Waals surface area contributed by atoms with Crippen LogP contribution in [-0.2, 0) is 47.6 Å². The van der Waals surface area contributed by atoms with Gasteiger partial charge in [-0.15, -0.1) is 0 Å². The molecule has 16 atom stereocenters. The SMILES string of the molecule is C=C(C)[C@@H]1[C@H]2OC(=O)[C@@H]1[C@]1(O)CC3O[C@]34C(=O)O[C@H]2[C@@]41C.CC(C)(O)[C@@H]1[C@H]2OC(=O)[C@@H]1[C@]1(O)CC3O[C@]34C(=O)O[C@H]2[C@@]41C. The Morgan fingerprint density at radius 2 is 1.23 bits per heavy atom. The minimum atomic E-state index is -1.47. The zero-order valence-corrected chi connectivity index (χ0v) is 24.3. The number of carbonyl (C=O) groups is 4. The Bertz CT molecular complexity index is 1500. The molecular formula is C30H34O13. The fraction of sp³-hybridized carbons (Fsp3) is 0.800. The summed E-state index contributed by atoms with van der Waals surface area (Å²) < 4.78 is 33.2. The van der Waals surface area contributed by atoms with Gasteiger partial charge in [0, 0.05) is 24.7 Å². The summed E-state index contributed by atoms with van der Waals surface area (Å²) >= 11 is 0. The van der Waals surface area contributed by atoms with Crippen molar-refractivity contribution < 1.29 is 62.9 Å². The highest BCUT2D eigenvalue weighted by atomic mass is 16.7. The minimum absolute atomic E-state index is 0.189. The van der Waals surface area contributed by atoms with Crippen LogP contribution in [0.5, 0.6) is 0 Å². The third kappa shape index (κ3) is 2.29. The van der Waals surface area contributed by atoms with Crippen molar-refractivity contribution in [2.75, 3.05) is 0 Å². The predicted octanol–water partition coefficient (Wildman–Crippen LogP) is -0.929. The summed E-state index contributed by atoms with van der Waals surface area (Å²) in [4.78, 5) is 49.4. The fourth-order valence-corrected chi connectivity index (χ4v) is 11.4. The van der Waals surface area contributed by atoms with Crippen molar-refractivity contribution in [3.05, 3.63) is 12.2 Å². The zero-order chi connectivity index (χ0) is 30.8. The highest BCUT2D eigenvalue weighted by molar-refractivity contribution is 5.92. The lowest BCUT2D eigenvalue weighted by Crippen LogP contribution is -2.68. The van der Waals surface area contributed by atoms with Crippen LogP contribution in [0.1, 0.15) is 47.5 Å². The lowest BCUT2D eigenvalue weighted by molar-refractivity contribution is -0.223. The number of carbonyl (C=O) groups excluding carboxylic acids is 4. The lowest BCUT2D eigenvalue weighted by Gasteiger charge is -2.53. The van der Waals surface area contributed by atoms with Gasteiger partial charge in [0.1, 0.15) is 24.4 Å². The Hall–Kier alpha value is -2.58. The third-order valence-corrected chi connectivity index (χ3v) is 13.4. The zero-order valence-electron chi connectivity index (χ0n) is 24.3. The second-order valence-corrected chi connectivity index (χ2v) is 15.3. The Morgan fingerprint density at radius 3 is 1.72 bits per heavy atom. The summed E-state index contributed by atoms with van der Waals surface area (Å²) in [5, 5.41) is 33.3. The second-order valence-electron chi connectivity index (χ2n) is 15.3. The molecule has 2 spiro atoms. The molecule has 10 rings (SSSR count). The van der Waals surface area contributed by atoms with Crippen LogP contribution in [-0.4, -0.2) is 104 Å². The highest BCUT2D eigenvalue weighted by Gasteiger charge is 2.97. The quantitative estimate of drug-likeness (QED) is 0.152. The van der Waals surface area contributed by atoms with Gasteiger partial charge in [0.25, 0.3) is 0 Å². The van der Waals surface area contributed by atoms with Gasteiger partial charge in [-0.25, -0.2) is 9.59 Å². The Balaban J connectivity index is 0.000000121. The van der Waals surface area contributed by atoms with Gasteiger partial charge < -0.3 is 43.7 Å². The maximum Gasteiger partial charge on any atom is 0.342 e. The van der Waals surface area contributed by atoms with E-state index in [9.17, 15) is 34.5 Å². The molecule has 4 aliphatic carbocycles. The molecule has 10 fully saturated rings. The van der Waals surface area contributed by atoms with Crippen molar-refractivity contribution in [2.45, 2.75) is 112 Å². The summed E-state index contributed by atoms with van der Waals surface area (Å²) in [6, 6.07) is 0. The molecule has 0 aromatic heterocycles. The van der Waals surface area contributed by atoms with E-state index in [-0.39, 0.29) is 24.9 Å². The van der Waals surface area contributed by atoms with Crippen LogP contribution in [0.3, 0.4) is 0 Å². The minimum Gasteiger partial charge on any atom is -0.458 e.